The zero-order valence-electron chi connectivity index (χ0n) is 18.1. The van der Waals surface area contributed by atoms with Gasteiger partial charge in [0.25, 0.3) is 0 Å². The van der Waals surface area contributed by atoms with Crippen LogP contribution in [0.2, 0.25) is 0 Å². The summed E-state index contributed by atoms with van der Waals surface area (Å²) in [6, 6.07) is 0. The number of hydrogen-bond donors (Lipinski definition) is 0. The highest BCUT2D eigenvalue weighted by Crippen LogP contribution is 2.16. The van der Waals surface area contributed by atoms with Crippen LogP contribution in [0.15, 0.2) is 0 Å². The zero-order valence-corrected chi connectivity index (χ0v) is 22.5. The van der Waals surface area contributed by atoms with E-state index in [0.29, 0.717) is 0 Å². The summed E-state index contributed by atoms with van der Waals surface area (Å²) in [5.74, 6) is 0. The molecule has 0 spiro atoms. The van der Waals surface area contributed by atoms with Gasteiger partial charge in [0.2, 0.25) is 0 Å². The highest BCUT2D eigenvalue weighted by Gasteiger charge is 2.24. The smallest absolute Gasteiger partial charge is 0.0786 e. The van der Waals surface area contributed by atoms with Gasteiger partial charge in [0, 0.05) is 0 Å². The van der Waals surface area contributed by atoms with Crippen molar-refractivity contribution in [2.45, 2.75) is 79.1 Å². The fraction of sp³-hybridized carbons (Fsp3) is 1.00. The number of halogens is 2. The minimum Gasteiger partial charge on any atom is -1.00 e. The van der Waals surface area contributed by atoms with Crippen LogP contribution >= 0.6 is 0 Å². The first-order valence-electron chi connectivity index (χ1n) is 9.88. The average Bonchev–Trinajstić information content (AvgIpc) is 2.44. The number of hydrogen-bond acceptors (Lipinski definition) is 0. The van der Waals surface area contributed by atoms with Gasteiger partial charge in [-0.05, 0) is 25.7 Å². The number of rotatable bonds is 12. The summed E-state index contributed by atoms with van der Waals surface area (Å²) in [5.41, 5.74) is 0. The van der Waals surface area contributed by atoms with E-state index in [9.17, 15) is 0 Å². The SMILES string of the molecule is CCCC[N+](CCCC)(CCCC)CCCC.C[N+](C)(C)C.[I-].[I-]. The molecule has 0 bridgehead atoms. The molecule has 2 nitrogen and oxygen atoms in total. The third-order valence-electron chi connectivity index (χ3n) is 3.94. The van der Waals surface area contributed by atoms with Crippen molar-refractivity contribution in [2.24, 2.45) is 0 Å². The second-order valence-corrected chi connectivity index (χ2v) is 8.33. The summed E-state index contributed by atoms with van der Waals surface area (Å²) >= 11 is 0. The fourth-order valence-corrected chi connectivity index (χ4v) is 2.64. The van der Waals surface area contributed by atoms with Crippen LogP contribution in [0.3, 0.4) is 0 Å². The molecular weight excluding hydrogens is 522 g/mol. The van der Waals surface area contributed by atoms with E-state index in [-0.39, 0.29) is 48.0 Å². The molecule has 0 saturated heterocycles. The van der Waals surface area contributed by atoms with Crippen LogP contribution < -0.4 is 48.0 Å². The minimum absolute atomic E-state index is 0. The Labute approximate surface area is 189 Å². The molecular formula is C20H48I2N2. The lowest BCUT2D eigenvalue weighted by atomic mass is 10.1. The quantitative estimate of drug-likeness (QED) is 0.216. The Balaban J connectivity index is -0.000000250. The molecule has 0 heterocycles. The van der Waals surface area contributed by atoms with E-state index >= 15 is 0 Å². The summed E-state index contributed by atoms with van der Waals surface area (Å²) in [5, 5.41) is 0. The van der Waals surface area contributed by atoms with Gasteiger partial charge in [0.15, 0.2) is 0 Å². The van der Waals surface area contributed by atoms with E-state index < -0.39 is 0 Å². The molecule has 0 unspecified atom stereocenters. The maximum atomic E-state index is 2.33. The Morgan fingerprint density at radius 3 is 0.750 bits per heavy atom. The summed E-state index contributed by atoms with van der Waals surface area (Å²) in [6.07, 6.45) is 11.1. The Kier molecular flexibility index (Phi) is 28.4. The van der Waals surface area contributed by atoms with Crippen LogP contribution in [0, 0.1) is 0 Å². The Bertz CT molecular complexity index is 185. The third-order valence-corrected chi connectivity index (χ3v) is 3.94. The topological polar surface area (TPSA) is 0 Å². The Hall–Kier alpha value is 1.38. The number of nitrogens with zero attached hydrogens (tertiary/aromatic N) is 2. The van der Waals surface area contributed by atoms with Crippen molar-refractivity contribution in [3.8, 4) is 0 Å². The standard InChI is InChI=1S/C16H36N.C4H12N.2HI/c1-5-9-13-17(14-10-6-2,15-11-7-3)16-12-8-4;1-5(2,3)4;;/h5-16H2,1-4H3;1-4H3;2*1H/q2*+1;;/p-2. The largest absolute Gasteiger partial charge is 1.00 e. The predicted octanol–water partition coefficient (Wildman–Crippen LogP) is -0.666. The highest BCUT2D eigenvalue weighted by molar-refractivity contribution is 4.49. The van der Waals surface area contributed by atoms with E-state index in [0.717, 1.165) is 4.48 Å². The first-order chi connectivity index (χ1) is 10.2. The Morgan fingerprint density at radius 2 is 0.625 bits per heavy atom. The van der Waals surface area contributed by atoms with Crippen LogP contribution in [0.1, 0.15) is 79.1 Å². The van der Waals surface area contributed by atoms with Crippen molar-refractivity contribution >= 4 is 0 Å². The minimum atomic E-state index is 0. The molecule has 0 fully saturated rings. The predicted molar refractivity (Wildman–Crippen MR) is 103 cm³/mol. The maximum Gasteiger partial charge on any atom is 0.0786 e. The van der Waals surface area contributed by atoms with Gasteiger partial charge in [-0.15, -0.1) is 0 Å². The van der Waals surface area contributed by atoms with Crippen LogP contribution in [0.5, 0.6) is 0 Å². The van der Waals surface area contributed by atoms with Crippen LogP contribution in [0.4, 0.5) is 0 Å². The first-order valence-corrected chi connectivity index (χ1v) is 9.88. The summed E-state index contributed by atoms with van der Waals surface area (Å²) in [7, 11) is 8.50. The van der Waals surface area contributed by atoms with Crippen molar-refractivity contribution in [3.63, 3.8) is 0 Å². The second-order valence-electron chi connectivity index (χ2n) is 8.33. The number of unbranched alkanes of at least 4 members (excludes halogenated alkanes) is 4. The maximum absolute atomic E-state index is 2.33. The van der Waals surface area contributed by atoms with Gasteiger partial charge in [-0.2, -0.15) is 0 Å². The van der Waals surface area contributed by atoms with Crippen molar-refractivity contribution in [1.29, 1.82) is 0 Å². The van der Waals surface area contributed by atoms with Gasteiger partial charge < -0.3 is 56.9 Å². The van der Waals surface area contributed by atoms with Gasteiger partial charge in [-0.25, -0.2) is 0 Å². The molecule has 4 heteroatoms. The van der Waals surface area contributed by atoms with E-state index in [1.807, 2.05) is 0 Å². The molecule has 24 heavy (non-hydrogen) atoms. The molecule has 0 aromatic rings. The summed E-state index contributed by atoms with van der Waals surface area (Å²) < 4.78 is 2.42. The molecule has 152 valence electrons. The summed E-state index contributed by atoms with van der Waals surface area (Å²) in [6.45, 7) is 15.0. The van der Waals surface area contributed by atoms with Gasteiger partial charge in [0.1, 0.15) is 0 Å². The average molecular weight is 570 g/mol. The molecule has 0 radical (unpaired) electrons. The van der Waals surface area contributed by atoms with Crippen LogP contribution in [0.25, 0.3) is 0 Å². The molecule has 0 aliphatic carbocycles. The molecule has 0 rings (SSSR count). The molecule has 0 aliphatic rings. The van der Waals surface area contributed by atoms with Crippen molar-refractivity contribution < 1.29 is 56.9 Å². The van der Waals surface area contributed by atoms with Gasteiger partial charge >= 0.3 is 0 Å². The highest BCUT2D eigenvalue weighted by atomic mass is 127. The van der Waals surface area contributed by atoms with Crippen LogP contribution in [-0.4, -0.2) is 63.3 Å². The molecule has 0 aromatic carbocycles. The van der Waals surface area contributed by atoms with Crippen molar-refractivity contribution in [1.82, 2.24) is 0 Å². The normalized spacial score (nSPS) is 11.0. The fourth-order valence-electron chi connectivity index (χ4n) is 2.64. The number of quaternary nitrogens is 2. The van der Waals surface area contributed by atoms with E-state index in [1.165, 1.54) is 82.0 Å². The van der Waals surface area contributed by atoms with Gasteiger partial charge in [-0.3, -0.25) is 0 Å². The molecule has 0 atom stereocenters. The van der Waals surface area contributed by atoms with E-state index in [4.69, 9.17) is 0 Å². The van der Waals surface area contributed by atoms with Crippen LogP contribution in [-0.2, 0) is 0 Å². The first kappa shape index (κ1) is 33.0. The molecule has 0 saturated carbocycles. The lowest BCUT2D eigenvalue weighted by molar-refractivity contribution is -0.929. The zero-order chi connectivity index (χ0) is 17.5. The van der Waals surface area contributed by atoms with Crippen molar-refractivity contribution in [2.75, 3.05) is 54.4 Å². The van der Waals surface area contributed by atoms with E-state index in [1.54, 1.807) is 0 Å². The van der Waals surface area contributed by atoms with Crippen molar-refractivity contribution in [3.05, 3.63) is 0 Å². The lowest BCUT2D eigenvalue weighted by Crippen LogP contribution is -3.00. The van der Waals surface area contributed by atoms with E-state index in [2.05, 4.69) is 55.9 Å². The third kappa shape index (κ3) is 25.6. The molecule has 0 N–H and O–H groups in total. The Morgan fingerprint density at radius 1 is 0.458 bits per heavy atom. The summed E-state index contributed by atoms with van der Waals surface area (Å²) in [4.78, 5) is 0. The molecule has 0 aromatic heterocycles. The lowest BCUT2D eigenvalue weighted by Gasteiger charge is -2.39. The molecule has 0 amide bonds. The molecule has 0 aliphatic heterocycles. The van der Waals surface area contributed by atoms with Gasteiger partial charge in [0.05, 0.1) is 54.4 Å². The monoisotopic (exact) mass is 570 g/mol. The second kappa shape index (κ2) is 20.7. The van der Waals surface area contributed by atoms with Gasteiger partial charge in [-0.1, -0.05) is 53.4 Å².